The van der Waals surface area contributed by atoms with Crippen LogP contribution in [-0.2, 0) is 11.8 Å². The molecule has 0 aliphatic rings. The van der Waals surface area contributed by atoms with Crippen LogP contribution in [0.25, 0.3) is 5.65 Å². The summed E-state index contributed by atoms with van der Waals surface area (Å²) >= 11 is 6.24. The quantitative estimate of drug-likeness (QED) is 0.763. The summed E-state index contributed by atoms with van der Waals surface area (Å²) in [6.07, 6.45) is 2.04. The molecule has 0 unspecified atom stereocenters. The number of nitrogens with zero attached hydrogens (tertiary/aromatic N) is 3. The molecule has 0 fully saturated rings. The summed E-state index contributed by atoms with van der Waals surface area (Å²) in [4.78, 5) is 4.63. The van der Waals surface area contributed by atoms with Gasteiger partial charge in [0, 0.05) is 11.5 Å². The Bertz CT molecular complexity index is 537. The molecule has 2 aromatic rings. The number of halogens is 1. The van der Waals surface area contributed by atoms with Gasteiger partial charge in [0.25, 0.3) is 0 Å². The third-order valence-corrected chi connectivity index (χ3v) is 2.98. The van der Waals surface area contributed by atoms with E-state index in [1.165, 1.54) is 0 Å². The van der Waals surface area contributed by atoms with E-state index in [4.69, 9.17) is 11.6 Å². The van der Waals surface area contributed by atoms with Crippen molar-refractivity contribution in [3.8, 4) is 0 Å². The summed E-state index contributed by atoms with van der Waals surface area (Å²) < 4.78 is 1.71. The maximum atomic E-state index is 6.24. The van der Waals surface area contributed by atoms with Gasteiger partial charge in [-0.2, -0.15) is 5.10 Å². The van der Waals surface area contributed by atoms with Crippen molar-refractivity contribution in [3.05, 3.63) is 28.7 Å². The van der Waals surface area contributed by atoms with Crippen LogP contribution in [0.5, 0.6) is 0 Å². The fraction of sp³-hybridized carbons (Fsp3) is 0.538. The van der Waals surface area contributed by atoms with Gasteiger partial charge in [-0.15, -0.1) is 0 Å². The summed E-state index contributed by atoms with van der Waals surface area (Å²) in [5, 5.41) is 5.07. The van der Waals surface area contributed by atoms with Crippen LogP contribution in [0.3, 0.4) is 0 Å². The Morgan fingerprint density at radius 3 is 2.59 bits per heavy atom. The van der Waals surface area contributed by atoms with Gasteiger partial charge in [0.05, 0.1) is 11.4 Å². The first kappa shape index (κ1) is 12.4. The SMILES string of the molecule is CCCc1cc2nc(C(C)(C)C)cc(Cl)n2n1. The fourth-order valence-corrected chi connectivity index (χ4v) is 1.98. The predicted octanol–water partition coefficient (Wildman–Crippen LogP) is 3.63. The van der Waals surface area contributed by atoms with Gasteiger partial charge in [0.15, 0.2) is 5.65 Å². The van der Waals surface area contributed by atoms with Crippen molar-refractivity contribution in [3.63, 3.8) is 0 Å². The molecule has 4 heteroatoms. The zero-order chi connectivity index (χ0) is 12.6. The van der Waals surface area contributed by atoms with Gasteiger partial charge in [0.1, 0.15) is 5.15 Å². The molecule has 2 aromatic heterocycles. The number of hydrogen-bond acceptors (Lipinski definition) is 2. The smallest absolute Gasteiger partial charge is 0.157 e. The Morgan fingerprint density at radius 2 is 2.00 bits per heavy atom. The van der Waals surface area contributed by atoms with Crippen molar-refractivity contribution in [2.45, 2.75) is 46.0 Å². The number of hydrogen-bond donors (Lipinski definition) is 0. The second-order valence-corrected chi connectivity index (χ2v) is 5.76. The van der Waals surface area contributed by atoms with E-state index in [1.807, 2.05) is 12.1 Å². The molecule has 3 nitrogen and oxygen atoms in total. The molecule has 0 aliphatic heterocycles. The molecule has 0 amide bonds. The first-order valence-corrected chi connectivity index (χ1v) is 6.35. The number of fused-ring (bicyclic) bond motifs is 1. The molecule has 0 aromatic carbocycles. The number of aromatic nitrogens is 3. The molecule has 0 N–H and O–H groups in total. The van der Waals surface area contributed by atoms with Crippen LogP contribution in [0.2, 0.25) is 5.15 Å². The van der Waals surface area contributed by atoms with E-state index in [9.17, 15) is 0 Å². The fourth-order valence-electron chi connectivity index (χ4n) is 1.75. The van der Waals surface area contributed by atoms with Gasteiger partial charge in [-0.25, -0.2) is 9.50 Å². The standard InChI is InChI=1S/C13H18ClN3/c1-5-6-9-7-12-15-10(13(2,3)4)8-11(14)17(12)16-9/h7-8H,5-6H2,1-4H3. The Labute approximate surface area is 107 Å². The number of rotatable bonds is 2. The highest BCUT2D eigenvalue weighted by molar-refractivity contribution is 6.29. The number of aryl methyl sites for hydroxylation is 1. The molecule has 0 saturated heterocycles. The normalized spacial score (nSPS) is 12.3. The van der Waals surface area contributed by atoms with Gasteiger partial charge >= 0.3 is 0 Å². The highest BCUT2D eigenvalue weighted by Gasteiger charge is 2.18. The van der Waals surface area contributed by atoms with Gasteiger partial charge in [-0.1, -0.05) is 45.7 Å². The van der Waals surface area contributed by atoms with Crippen molar-refractivity contribution in [2.24, 2.45) is 0 Å². The topological polar surface area (TPSA) is 30.2 Å². The maximum Gasteiger partial charge on any atom is 0.157 e. The molecular weight excluding hydrogens is 234 g/mol. The molecule has 0 aliphatic carbocycles. The lowest BCUT2D eigenvalue weighted by atomic mass is 9.92. The van der Waals surface area contributed by atoms with Gasteiger partial charge in [0.2, 0.25) is 0 Å². The van der Waals surface area contributed by atoms with Crippen LogP contribution in [0.1, 0.15) is 45.5 Å². The monoisotopic (exact) mass is 251 g/mol. The van der Waals surface area contributed by atoms with Crippen molar-refractivity contribution in [1.29, 1.82) is 0 Å². The van der Waals surface area contributed by atoms with E-state index in [0.717, 1.165) is 29.9 Å². The summed E-state index contributed by atoms with van der Waals surface area (Å²) in [5.41, 5.74) is 2.89. The van der Waals surface area contributed by atoms with Gasteiger partial charge in [-0.05, 0) is 12.5 Å². The van der Waals surface area contributed by atoms with Crippen LogP contribution in [-0.4, -0.2) is 14.6 Å². The highest BCUT2D eigenvalue weighted by Crippen LogP contribution is 2.24. The lowest BCUT2D eigenvalue weighted by Crippen LogP contribution is -2.14. The average molecular weight is 252 g/mol. The molecule has 17 heavy (non-hydrogen) atoms. The van der Waals surface area contributed by atoms with E-state index >= 15 is 0 Å². The van der Waals surface area contributed by atoms with Crippen LogP contribution < -0.4 is 0 Å². The molecule has 92 valence electrons. The Balaban J connectivity index is 2.57. The van der Waals surface area contributed by atoms with Crippen molar-refractivity contribution in [1.82, 2.24) is 14.6 Å². The van der Waals surface area contributed by atoms with Gasteiger partial charge in [-0.3, -0.25) is 0 Å². The zero-order valence-corrected chi connectivity index (χ0v) is 11.5. The van der Waals surface area contributed by atoms with Crippen LogP contribution in [0.4, 0.5) is 0 Å². The molecule has 2 rings (SSSR count). The second-order valence-electron chi connectivity index (χ2n) is 5.37. The minimum Gasteiger partial charge on any atom is -0.233 e. The van der Waals surface area contributed by atoms with Crippen molar-refractivity contribution >= 4 is 17.2 Å². The lowest BCUT2D eigenvalue weighted by Gasteiger charge is -2.17. The first-order chi connectivity index (χ1) is 7.91. The van der Waals surface area contributed by atoms with Crippen LogP contribution in [0.15, 0.2) is 12.1 Å². The van der Waals surface area contributed by atoms with Crippen LogP contribution in [0, 0.1) is 0 Å². The Kier molecular flexibility index (Phi) is 3.13. The van der Waals surface area contributed by atoms with Crippen molar-refractivity contribution in [2.75, 3.05) is 0 Å². The largest absolute Gasteiger partial charge is 0.233 e. The molecule has 0 spiro atoms. The third kappa shape index (κ3) is 2.44. The summed E-state index contributed by atoms with van der Waals surface area (Å²) in [5.74, 6) is 0. The first-order valence-electron chi connectivity index (χ1n) is 5.97. The Hall–Kier alpha value is -1.09. The Morgan fingerprint density at radius 1 is 1.29 bits per heavy atom. The minimum atomic E-state index is 0.000575. The van der Waals surface area contributed by atoms with E-state index in [-0.39, 0.29) is 5.41 Å². The average Bonchev–Trinajstić information content (AvgIpc) is 2.60. The van der Waals surface area contributed by atoms with E-state index in [1.54, 1.807) is 4.52 Å². The zero-order valence-electron chi connectivity index (χ0n) is 10.8. The molecule has 0 bridgehead atoms. The molecular formula is C13H18ClN3. The summed E-state index contributed by atoms with van der Waals surface area (Å²) in [6.45, 7) is 8.53. The second kappa shape index (κ2) is 4.30. The van der Waals surface area contributed by atoms with Gasteiger partial charge < -0.3 is 0 Å². The van der Waals surface area contributed by atoms with Crippen LogP contribution >= 0.6 is 11.6 Å². The predicted molar refractivity (Wildman–Crippen MR) is 70.7 cm³/mol. The molecule has 2 heterocycles. The third-order valence-electron chi connectivity index (χ3n) is 2.71. The van der Waals surface area contributed by atoms with E-state index in [2.05, 4.69) is 37.8 Å². The molecule has 0 saturated carbocycles. The highest BCUT2D eigenvalue weighted by atomic mass is 35.5. The maximum absolute atomic E-state index is 6.24. The minimum absolute atomic E-state index is 0.000575. The van der Waals surface area contributed by atoms with Crippen molar-refractivity contribution < 1.29 is 0 Å². The summed E-state index contributed by atoms with van der Waals surface area (Å²) in [6, 6.07) is 3.92. The lowest BCUT2D eigenvalue weighted by molar-refractivity contribution is 0.568. The van der Waals surface area contributed by atoms with E-state index < -0.39 is 0 Å². The summed E-state index contributed by atoms with van der Waals surface area (Å²) in [7, 11) is 0. The van der Waals surface area contributed by atoms with E-state index in [0.29, 0.717) is 5.15 Å². The molecule has 0 radical (unpaired) electrons. The molecule has 0 atom stereocenters.